The lowest BCUT2D eigenvalue weighted by Crippen LogP contribution is -2.65. The molecular weight excluding hydrogens is 635 g/mol. The van der Waals surface area contributed by atoms with Crippen molar-refractivity contribution < 1.29 is 9.47 Å². The summed E-state index contributed by atoms with van der Waals surface area (Å²) in [6.45, 7) is 0. The fourth-order valence-electron chi connectivity index (χ4n) is 12.7. The summed E-state index contributed by atoms with van der Waals surface area (Å²) in [6, 6.07) is 0.819. The molecule has 264 valence electrons. The Balaban J connectivity index is 1.04. The Labute approximate surface area is 310 Å². The highest BCUT2D eigenvalue weighted by Crippen LogP contribution is 2.67. The van der Waals surface area contributed by atoms with Crippen LogP contribution in [0.3, 0.4) is 0 Å². The van der Waals surface area contributed by atoms with Gasteiger partial charge in [-0.25, -0.2) is 0 Å². The number of hydrogen-bond acceptors (Lipinski definition) is 3. The monoisotopic (exact) mass is 685 g/mol. The van der Waals surface area contributed by atoms with Gasteiger partial charge < -0.3 is 14.4 Å². The summed E-state index contributed by atoms with van der Waals surface area (Å²) in [7, 11) is 0. The van der Waals surface area contributed by atoms with Gasteiger partial charge in [-0.2, -0.15) is 0 Å². The normalized spacial score (nSPS) is 44.5. The summed E-state index contributed by atoms with van der Waals surface area (Å²) in [5, 5.41) is 0. The maximum Gasteiger partial charge on any atom is 0.0844 e. The molecule has 11 aliphatic rings. The van der Waals surface area contributed by atoms with Gasteiger partial charge in [0.05, 0.1) is 30.5 Å². The lowest BCUT2D eigenvalue weighted by Gasteiger charge is -2.65. The molecule has 0 bridgehead atoms. The Hall–Kier alpha value is -3.92. The molecule has 0 N–H and O–H groups in total. The van der Waals surface area contributed by atoms with Gasteiger partial charge in [0.25, 0.3) is 0 Å². The van der Waals surface area contributed by atoms with E-state index >= 15 is 0 Å². The Bertz CT molecular complexity index is 1950. The van der Waals surface area contributed by atoms with Crippen molar-refractivity contribution in [3.8, 4) is 0 Å². The van der Waals surface area contributed by atoms with Crippen LogP contribution in [-0.4, -0.2) is 41.4 Å². The van der Waals surface area contributed by atoms with E-state index in [1.165, 1.54) is 28.0 Å². The molecule has 13 unspecified atom stereocenters. The maximum atomic E-state index is 7.49. The van der Waals surface area contributed by atoms with Crippen LogP contribution in [0.25, 0.3) is 0 Å². The number of ether oxygens (including phenoxy) is 2. The van der Waals surface area contributed by atoms with Crippen molar-refractivity contribution in [3.63, 3.8) is 0 Å². The van der Waals surface area contributed by atoms with Gasteiger partial charge >= 0.3 is 0 Å². The molecule has 0 aromatic heterocycles. The summed E-state index contributed by atoms with van der Waals surface area (Å²) < 4.78 is 14.5. The Morgan fingerprint density at radius 1 is 0.673 bits per heavy atom. The van der Waals surface area contributed by atoms with Crippen molar-refractivity contribution in [2.24, 2.45) is 40.9 Å². The first kappa shape index (κ1) is 31.6. The van der Waals surface area contributed by atoms with Gasteiger partial charge in [-0.05, 0) is 85.7 Å². The minimum absolute atomic E-state index is 0.0117. The molecule has 3 heteroatoms. The standard InChI is InChI=1S/C49H51NO2/c1-3-15-32(16-4-1)35-20-14-28-45-47(35)49(39-23-8-11-26-43(39)51-44-27-12-9-24-40(44)49)41-30-29-33(31-46(41)52-45)36-21-13-22-38-37-19-7-10-25-42(37)50(48(36)38)34-17-5-2-6-18-34/h1,3,5,7-8,10-15,17-20,22-23,25,27-31,36-38,40-48H,2,4,6,9,16,21,24,26H2. The lowest BCUT2D eigenvalue weighted by molar-refractivity contribution is -0.190. The third-order valence-electron chi connectivity index (χ3n) is 14.6. The fraction of sp³-hybridized carbons (Fsp3) is 0.429. The van der Waals surface area contributed by atoms with Crippen LogP contribution in [0.4, 0.5) is 0 Å². The van der Waals surface area contributed by atoms with Crippen LogP contribution in [0.2, 0.25) is 0 Å². The number of nitrogens with zero attached hydrogens (tertiary/aromatic N) is 1. The first-order valence-electron chi connectivity index (χ1n) is 20.5. The largest absolute Gasteiger partial charge is 0.366 e. The van der Waals surface area contributed by atoms with Crippen molar-refractivity contribution in [2.45, 2.75) is 87.9 Å². The van der Waals surface area contributed by atoms with E-state index in [0.717, 1.165) is 51.4 Å². The highest BCUT2D eigenvalue weighted by atomic mass is 16.5. The van der Waals surface area contributed by atoms with Crippen molar-refractivity contribution >= 4 is 0 Å². The van der Waals surface area contributed by atoms with E-state index in [1.54, 1.807) is 0 Å². The molecule has 1 spiro atoms. The summed E-state index contributed by atoms with van der Waals surface area (Å²) in [5.41, 5.74) is 7.31. The smallest absolute Gasteiger partial charge is 0.0844 e. The minimum Gasteiger partial charge on any atom is -0.366 e. The summed E-state index contributed by atoms with van der Waals surface area (Å²) in [6.07, 6.45) is 64.8. The second-order valence-electron chi connectivity index (χ2n) is 16.9. The molecule has 0 aromatic carbocycles. The fourth-order valence-corrected chi connectivity index (χ4v) is 12.7. The topological polar surface area (TPSA) is 21.7 Å². The van der Waals surface area contributed by atoms with Gasteiger partial charge in [-0.3, -0.25) is 0 Å². The molecule has 8 aliphatic carbocycles. The van der Waals surface area contributed by atoms with Gasteiger partial charge in [0.1, 0.15) is 0 Å². The highest BCUT2D eigenvalue weighted by molar-refractivity contribution is 5.52. The zero-order valence-electron chi connectivity index (χ0n) is 30.1. The van der Waals surface area contributed by atoms with Crippen LogP contribution >= 0.6 is 0 Å². The van der Waals surface area contributed by atoms with Crippen LogP contribution in [0.1, 0.15) is 51.4 Å². The van der Waals surface area contributed by atoms with Crippen LogP contribution in [-0.2, 0) is 9.47 Å². The zero-order valence-corrected chi connectivity index (χ0v) is 30.1. The zero-order chi connectivity index (χ0) is 34.2. The quantitative estimate of drug-likeness (QED) is 0.276. The number of fused-ring (bicyclic) bond motifs is 11. The van der Waals surface area contributed by atoms with Crippen LogP contribution < -0.4 is 0 Å². The lowest BCUT2D eigenvalue weighted by atomic mass is 9.45. The number of hydrogen-bond donors (Lipinski definition) is 0. The number of rotatable bonds is 3. The number of likely N-dealkylation sites (tertiary alicyclic amines) is 1. The predicted octanol–water partition coefficient (Wildman–Crippen LogP) is 10.1. The molecule has 0 saturated carbocycles. The molecule has 11 rings (SSSR count). The molecule has 0 radical (unpaired) electrons. The second-order valence-corrected chi connectivity index (χ2v) is 16.9. The Kier molecular flexibility index (Phi) is 7.65. The van der Waals surface area contributed by atoms with Gasteiger partial charge in [0.2, 0.25) is 0 Å². The van der Waals surface area contributed by atoms with E-state index in [2.05, 4.69) is 145 Å². The van der Waals surface area contributed by atoms with E-state index in [9.17, 15) is 0 Å². The summed E-state index contributed by atoms with van der Waals surface area (Å²) >= 11 is 0. The first-order chi connectivity index (χ1) is 25.8. The summed E-state index contributed by atoms with van der Waals surface area (Å²) in [4.78, 5) is 2.81. The molecule has 3 aliphatic heterocycles. The van der Waals surface area contributed by atoms with E-state index in [1.807, 2.05) is 0 Å². The van der Waals surface area contributed by atoms with Gasteiger partial charge in [0, 0.05) is 46.7 Å². The third-order valence-corrected chi connectivity index (χ3v) is 14.6. The van der Waals surface area contributed by atoms with Crippen molar-refractivity contribution in [3.05, 3.63) is 168 Å². The maximum absolute atomic E-state index is 7.49. The Morgan fingerprint density at radius 2 is 1.63 bits per heavy atom. The van der Waals surface area contributed by atoms with E-state index < -0.39 is 0 Å². The molecule has 3 fully saturated rings. The van der Waals surface area contributed by atoms with E-state index in [4.69, 9.17) is 9.47 Å². The van der Waals surface area contributed by atoms with Gasteiger partial charge in [-0.1, -0.05) is 134 Å². The molecule has 3 saturated heterocycles. The first-order valence-corrected chi connectivity index (χ1v) is 20.5. The van der Waals surface area contributed by atoms with Crippen LogP contribution in [0.15, 0.2) is 168 Å². The molecule has 0 aromatic rings. The number of allylic oxidation sites excluding steroid dienone is 16. The molecular formula is C49H51NO2. The van der Waals surface area contributed by atoms with Crippen molar-refractivity contribution in [2.75, 3.05) is 0 Å². The average molecular weight is 686 g/mol. The third kappa shape index (κ3) is 4.64. The van der Waals surface area contributed by atoms with Crippen LogP contribution in [0.5, 0.6) is 0 Å². The highest BCUT2D eigenvalue weighted by Gasteiger charge is 2.66. The van der Waals surface area contributed by atoms with Crippen LogP contribution in [0, 0.1) is 40.9 Å². The molecule has 13 atom stereocenters. The van der Waals surface area contributed by atoms with Crippen molar-refractivity contribution in [1.29, 1.82) is 0 Å². The predicted molar refractivity (Wildman–Crippen MR) is 210 cm³/mol. The molecule has 52 heavy (non-hydrogen) atoms. The Morgan fingerprint density at radius 3 is 2.56 bits per heavy atom. The van der Waals surface area contributed by atoms with E-state index in [0.29, 0.717) is 35.8 Å². The molecule has 3 nitrogen and oxygen atoms in total. The van der Waals surface area contributed by atoms with Gasteiger partial charge in [0.15, 0.2) is 0 Å². The molecule has 3 heterocycles. The minimum atomic E-state index is -0.107. The van der Waals surface area contributed by atoms with E-state index in [-0.39, 0.29) is 41.7 Å². The van der Waals surface area contributed by atoms with Crippen molar-refractivity contribution in [1.82, 2.24) is 4.90 Å². The second kappa shape index (κ2) is 12.6. The summed E-state index contributed by atoms with van der Waals surface area (Å²) in [5.74, 6) is 2.29. The SMILES string of the molecule is C1=CCCC(C2=CC=CC3OC4C=C(C5CC=CC6C7C=CC=CC7N(C7=CCCC=C7)C56)C=CC4C4(C5=CC=CCC5OC5C=CCCC54)C23)=C1. The van der Waals surface area contributed by atoms with Gasteiger partial charge in [-0.15, -0.1) is 0 Å². The average Bonchev–Trinajstić information content (AvgIpc) is 3.56. The molecule has 0 amide bonds.